The van der Waals surface area contributed by atoms with E-state index >= 15 is 0 Å². The van der Waals surface area contributed by atoms with Crippen LogP contribution in [0.4, 0.5) is 5.69 Å². The lowest BCUT2D eigenvalue weighted by molar-refractivity contribution is -0.126. The molecule has 1 saturated carbocycles. The molecule has 2 aliphatic rings. The van der Waals surface area contributed by atoms with Crippen molar-refractivity contribution in [2.75, 3.05) is 11.4 Å². The molecule has 5 nitrogen and oxygen atoms in total. The third kappa shape index (κ3) is 2.90. The number of carbonyl (C=O) groups is 2. The lowest BCUT2D eigenvalue weighted by Gasteiger charge is -2.18. The molecule has 1 saturated heterocycles. The van der Waals surface area contributed by atoms with E-state index in [0.717, 1.165) is 33.8 Å². The Bertz CT molecular complexity index is 795. The fourth-order valence-electron chi connectivity index (χ4n) is 3.72. The van der Waals surface area contributed by atoms with E-state index in [2.05, 4.69) is 10.3 Å². The number of hydrogen-bond donors (Lipinski definition) is 1. The number of benzene rings is 1. The van der Waals surface area contributed by atoms with Gasteiger partial charge in [-0.2, -0.15) is 0 Å². The van der Waals surface area contributed by atoms with Crippen molar-refractivity contribution in [3.05, 3.63) is 23.2 Å². The van der Waals surface area contributed by atoms with Gasteiger partial charge in [-0.3, -0.25) is 9.59 Å². The molecule has 1 aliphatic carbocycles. The summed E-state index contributed by atoms with van der Waals surface area (Å²) in [6.45, 7) is 2.45. The molecule has 0 bridgehead atoms. The molecule has 1 N–H and O–H groups in total. The van der Waals surface area contributed by atoms with Crippen LogP contribution in [-0.4, -0.2) is 29.4 Å². The molecule has 0 radical (unpaired) electrons. The second-order valence-electron chi connectivity index (χ2n) is 6.78. The number of amides is 2. The zero-order valence-electron chi connectivity index (χ0n) is 13.7. The number of hydrogen-bond acceptors (Lipinski definition) is 4. The highest BCUT2D eigenvalue weighted by Gasteiger charge is 2.36. The summed E-state index contributed by atoms with van der Waals surface area (Å²) in [6.07, 6.45) is 4.81. The van der Waals surface area contributed by atoms with E-state index in [1.165, 1.54) is 12.8 Å². The summed E-state index contributed by atoms with van der Waals surface area (Å²) in [6, 6.07) is 6.22. The van der Waals surface area contributed by atoms with Crippen molar-refractivity contribution in [1.82, 2.24) is 10.3 Å². The summed E-state index contributed by atoms with van der Waals surface area (Å²) in [5.41, 5.74) is 1.76. The number of anilines is 1. The minimum Gasteiger partial charge on any atom is -0.353 e. The van der Waals surface area contributed by atoms with Crippen LogP contribution in [0.25, 0.3) is 10.2 Å². The van der Waals surface area contributed by atoms with Gasteiger partial charge in [0.1, 0.15) is 0 Å². The highest BCUT2D eigenvalue weighted by Crippen LogP contribution is 2.30. The second-order valence-corrected chi connectivity index (χ2v) is 8.02. The van der Waals surface area contributed by atoms with E-state index in [9.17, 15) is 9.59 Å². The molecule has 2 aromatic rings. The summed E-state index contributed by atoms with van der Waals surface area (Å²) in [4.78, 5) is 31.1. The largest absolute Gasteiger partial charge is 0.353 e. The molecule has 24 heavy (non-hydrogen) atoms. The Morgan fingerprint density at radius 2 is 2.12 bits per heavy atom. The third-order valence-corrected chi connectivity index (χ3v) is 5.94. The molecule has 2 fully saturated rings. The number of nitrogens with one attached hydrogen (secondary N) is 1. The Hall–Kier alpha value is -1.95. The van der Waals surface area contributed by atoms with Crippen LogP contribution in [0, 0.1) is 12.8 Å². The highest BCUT2D eigenvalue weighted by molar-refractivity contribution is 7.18. The molecular formula is C18H21N3O2S. The number of fused-ring (bicyclic) bond motifs is 1. The SMILES string of the molecule is Cc1nc2cc(N3CC(C(=O)NC4CCCC4)CC3=O)ccc2s1. The molecule has 1 aliphatic heterocycles. The summed E-state index contributed by atoms with van der Waals surface area (Å²) in [5.74, 6) is -0.192. The zero-order chi connectivity index (χ0) is 16.7. The van der Waals surface area contributed by atoms with Gasteiger partial charge in [-0.15, -0.1) is 11.3 Å². The van der Waals surface area contributed by atoms with Crippen molar-refractivity contribution in [2.45, 2.75) is 45.1 Å². The quantitative estimate of drug-likeness (QED) is 0.932. The first kappa shape index (κ1) is 15.6. The average Bonchev–Trinajstić information content (AvgIpc) is 3.25. The first-order valence-electron chi connectivity index (χ1n) is 8.58. The van der Waals surface area contributed by atoms with E-state index in [0.29, 0.717) is 19.0 Å². The summed E-state index contributed by atoms with van der Waals surface area (Å²) >= 11 is 1.65. The van der Waals surface area contributed by atoms with Gasteiger partial charge in [-0.1, -0.05) is 12.8 Å². The van der Waals surface area contributed by atoms with Gasteiger partial charge in [0.2, 0.25) is 11.8 Å². The van der Waals surface area contributed by atoms with Crippen LogP contribution in [0.5, 0.6) is 0 Å². The van der Waals surface area contributed by atoms with Gasteiger partial charge >= 0.3 is 0 Å². The van der Waals surface area contributed by atoms with Gasteiger partial charge < -0.3 is 10.2 Å². The topological polar surface area (TPSA) is 62.3 Å². The van der Waals surface area contributed by atoms with Gasteiger partial charge in [0.25, 0.3) is 0 Å². The molecule has 1 aromatic heterocycles. The Labute approximate surface area is 145 Å². The smallest absolute Gasteiger partial charge is 0.227 e. The number of aromatic nitrogens is 1. The molecule has 0 spiro atoms. The van der Waals surface area contributed by atoms with Crippen LogP contribution >= 0.6 is 11.3 Å². The van der Waals surface area contributed by atoms with E-state index in [-0.39, 0.29) is 17.7 Å². The van der Waals surface area contributed by atoms with Crippen LogP contribution in [0.3, 0.4) is 0 Å². The maximum Gasteiger partial charge on any atom is 0.227 e. The first-order valence-corrected chi connectivity index (χ1v) is 9.40. The lowest BCUT2D eigenvalue weighted by atomic mass is 10.1. The summed E-state index contributed by atoms with van der Waals surface area (Å²) in [7, 11) is 0. The molecule has 1 aromatic carbocycles. The van der Waals surface area contributed by atoms with Crippen molar-refractivity contribution in [3.63, 3.8) is 0 Å². The van der Waals surface area contributed by atoms with Crippen molar-refractivity contribution < 1.29 is 9.59 Å². The molecule has 2 amide bonds. The van der Waals surface area contributed by atoms with E-state index in [1.54, 1.807) is 16.2 Å². The number of nitrogens with zero attached hydrogens (tertiary/aromatic N) is 2. The Kier molecular flexibility index (Phi) is 4.00. The fourth-order valence-corrected chi connectivity index (χ4v) is 4.53. The van der Waals surface area contributed by atoms with Gasteiger partial charge in [0, 0.05) is 24.7 Å². The normalized spacial score (nSPS) is 21.8. The Balaban J connectivity index is 1.49. The fraction of sp³-hybridized carbons (Fsp3) is 0.500. The molecule has 4 rings (SSSR count). The van der Waals surface area contributed by atoms with Gasteiger partial charge in [-0.25, -0.2) is 4.98 Å². The predicted octanol–water partition coefficient (Wildman–Crippen LogP) is 3.02. The first-order chi connectivity index (χ1) is 11.6. The maximum absolute atomic E-state index is 12.4. The number of carbonyl (C=O) groups excluding carboxylic acids is 2. The molecule has 1 unspecified atom stereocenters. The highest BCUT2D eigenvalue weighted by atomic mass is 32.1. The van der Waals surface area contributed by atoms with E-state index in [4.69, 9.17) is 0 Å². The van der Waals surface area contributed by atoms with Crippen LogP contribution in [0.15, 0.2) is 18.2 Å². The van der Waals surface area contributed by atoms with Crippen molar-refractivity contribution in [1.29, 1.82) is 0 Å². The maximum atomic E-state index is 12.4. The minimum absolute atomic E-state index is 0.0212. The van der Waals surface area contributed by atoms with Crippen molar-refractivity contribution >= 4 is 39.1 Å². The molecule has 2 heterocycles. The van der Waals surface area contributed by atoms with Crippen LogP contribution in [-0.2, 0) is 9.59 Å². The Morgan fingerprint density at radius 3 is 2.92 bits per heavy atom. The van der Waals surface area contributed by atoms with E-state index in [1.807, 2.05) is 25.1 Å². The number of rotatable bonds is 3. The zero-order valence-corrected chi connectivity index (χ0v) is 14.6. The number of thiazole rings is 1. The van der Waals surface area contributed by atoms with Crippen LogP contribution in [0.1, 0.15) is 37.1 Å². The lowest BCUT2D eigenvalue weighted by Crippen LogP contribution is -2.38. The van der Waals surface area contributed by atoms with Gasteiger partial charge in [0.05, 0.1) is 21.1 Å². The Morgan fingerprint density at radius 1 is 1.33 bits per heavy atom. The average molecular weight is 343 g/mol. The second kappa shape index (κ2) is 6.16. The summed E-state index contributed by atoms with van der Waals surface area (Å²) < 4.78 is 1.12. The van der Waals surface area contributed by atoms with Crippen LogP contribution in [0.2, 0.25) is 0 Å². The number of aryl methyl sites for hydroxylation is 1. The minimum atomic E-state index is -0.244. The molecule has 6 heteroatoms. The van der Waals surface area contributed by atoms with Crippen molar-refractivity contribution in [2.24, 2.45) is 5.92 Å². The van der Waals surface area contributed by atoms with E-state index < -0.39 is 0 Å². The van der Waals surface area contributed by atoms with Crippen LogP contribution < -0.4 is 10.2 Å². The molecule has 126 valence electrons. The standard InChI is InChI=1S/C18H21N3O2S/c1-11-19-15-9-14(6-7-16(15)24-11)21-10-12(8-17(21)22)18(23)20-13-4-2-3-5-13/h6-7,9,12-13H,2-5,8,10H2,1H3,(H,20,23). The third-order valence-electron chi connectivity index (χ3n) is 4.99. The summed E-state index contributed by atoms with van der Waals surface area (Å²) in [5, 5.41) is 4.14. The molecular weight excluding hydrogens is 322 g/mol. The van der Waals surface area contributed by atoms with Crippen molar-refractivity contribution in [3.8, 4) is 0 Å². The monoisotopic (exact) mass is 343 g/mol. The molecule has 1 atom stereocenters. The predicted molar refractivity (Wildman–Crippen MR) is 95.2 cm³/mol. The van der Waals surface area contributed by atoms with Gasteiger partial charge in [0.15, 0.2) is 0 Å². The van der Waals surface area contributed by atoms with Gasteiger partial charge in [-0.05, 0) is 38.0 Å².